The number of aromatic nitrogens is 2. The summed E-state index contributed by atoms with van der Waals surface area (Å²) in [6.45, 7) is 5.79. The van der Waals surface area contributed by atoms with Gasteiger partial charge in [-0.3, -0.25) is 4.79 Å². The number of hydrogen-bond donors (Lipinski definition) is 2. The van der Waals surface area contributed by atoms with E-state index in [-0.39, 0.29) is 18.0 Å². The third-order valence-electron chi connectivity index (χ3n) is 5.96. The fraction of sp³-hybridized carbons (Fsp3) is 0.417. The first kappa shape index (κ1) is 20.4. The lowest BCUT2D eigenvalue weighted by Gasteiger charge is -2.30. The predicted molar refractivity (Wildman–Crippen MR) is 118 cm³/mol. The number of likely N-dealkylation sites (tertiary alicyclic amines) is 1. The molecule has 0 bridgehead atoms. The van der Waals surface area contributed by atoms with Crippen molar-refractivity contribution in [3.05, 3.63) is 59.4 Å². The van der Waals surface area contributed by atoms with Gasteiger partial charge in [-0.1, -0.05) is 18.2 Å². The average Bonchev–Trinajstić information content (AvgIpc) is 3.34. The van der Waals surface area contributed by atoms with Crippen molar-refractivity contribution >= 4 is 16.9 Å². The highest BCUT2D eigenvalue weighted by Gasteiger charge is 2.35. The van der Waals surface area contributed by atoms with Crippen LogP contribution in [-0.4, -0.2) is 40.5 Å². The van der Waals surface area contributed by atoms with Crippen molar-refractivity contribution in [3.63, 3.8) is 0 Å². The summed E-state index contributed by atoms with van der Waals surface area (Å²) >= 11 is 0. The first-order valence-corrected chi connectivity index (χ1v) is 10.7. The fourth-order valence-corrected chi connectivity index (χ4v) is 4.33. The molecule has 158 valence electrons. The zero-order valence-electron chi connectivity index (χ0n) is 17.9. The predicted octanol–water partition coefficient (Wildman–Crippen LogP) is 4.11. The van der Waals surface area contributed by atoms with Crippen LogP contribution in [0.25, 0.3) is 11.0 Å². The molecule has 3 aromatic rings. The largest absolute Gasteiger partial charge is 0.497 e. The molecule has 2 aromatic carbocycles. The van der Waals surface area contributed by atoms with Crippen LogP contribution in [0.3, 0.4) is 0 Å². The minimum Gasteiger partial charge on any atom is -0.497 e. The number of aryl methyl sites for hydroxylation is 1. The molecule has 0 unspecified atom stereocenters. The molecule has 1 amide bonds. The molecule has 0 radical (unpaired) electrons. The lowest BCUT2D eigenvalue weighted by Crippen LogP contribution is -2.37. The fourth-order valence-electron chi connectivity index (χ4n) is 4.33. The third kappa shape index (κ3) is 4.33. The molecule has 0 spiro atoms. The molecule has 2 atom stereocenters. The van der Waals surface area contributed by atoms with E-state index < -0.39 is 0 Å². The number of carbonyl (C=O) groups is 1. The summed E-state index contributed by atoms with van der Waals surface area (Å²) in [5, 5.41) is 3.50. The zero-order valence-corrected chi connectivity index (χ0v) is 17.9. The topological polar surface area (TPSA) is 70.2 Å². The molecule has 1 saturated heterocycles. The second-order valence-corrected chi connectivity index (χ2v) is 8.13. The minimum atomic E-state index is -0.0592. The second kappa shape index (κ2) is 8.88. The van der Waals surface area contributed by atoms with Gasteiger partial charge < -0.3 is 19.9 Å². The summed E-state index contributed by atoms with van der Waals surface area (Å²) < 4.78 is 5.28. The molecule has 1 aliphatic heterocycles. The summed E-state index contributed by atoms with van der Waals surface area (Å²) in [5.74, 6) is 1.95. The highest BCUT2D eigenvalue weighted by atomic mass is 16.5. The van der Waals surface area contributed by atoms with Crippen LogP contribution in [0.2, 0.25) is 0 Å². The number of rotatable bonds is 8. The number of nitrogens with one attached hydrogen (secondary N) is 2. The molecule has 2 heterocycles. The van der Waals surface area contributed by atoms with Gasteiger partial charge in [0.25, 0.3) is 0 Å². The van der Waals surface area contributed by atoms with Crippen LogP contribution in [0.1, 0.15) is 49.2 Å². The van der Waals surface area contributed by atoms with Gasteiger partial charge in [-0.15, -0.1) is 0 Å². The van der Waals surface area contributed by atoms with Crippen LogP contribution >= 0.6 is 0 Å². The van der Waals surface area contributed by atoms with Gasteiger partial charge in [-0.05, 0) is 68.6 Å². The molecule has 2 N–H and O–H groups in total. The standard InChI is InChI=1S/C24H30N4O2/c1-16-7-9-21-22(13-16)27-24(26-21)17(2)28-19(8-10-23(28)29)11-12-25-15-18-5-4-6-20(14-18)30-3/h4-7,9,13-14,17,19,25H,8,10-12,15H2,1-3H3,(H,26,27)/t17-,19+/m1/s1. The average molecular weight is 407 g/mol. The number of benzene rings is 2. The number of hydrogen-bond acceptors (Lipinski definition) is 4. The van der Waals surface area contributed by atoms with Crippen LogP contribution in [0.4, 0.5) is 0 Å². The van der Waals surface area contributed by atoms with Crippen molar-refractivity contribution in [1.82, 2.24) is 20.2 Å². The highest BCUT2D eigenvalue weighted by Crippen LogP contribution is 2.31. The van der Waals surface area contributed by atoms with Crippen molar-refractivity contribution in [3.8, 4) is 5.75 Å². The Balaban J connectivity index is 1.37. The van der Waals surface area contributed by atoms with E-state index in [2.05, 4.69) is 42.3 Å². The Morgan fingerprint density at radius 1 is 1.30 bits per heavy atom. The molecule has 0 saturated carbocycles. The van der Waals surface area contributed by atoms with E-state index >= 15 is 0 Å². The minimum absolute atomic E-state index is 0.0592. The Bertz CT molecular complexity index is 1030. The van der Waals surface area contributed by atoms with Gasteiger partial charge >= 0.3 is 0 Å². The highest BCUT2D eigenvalue weighted by molar-refractivity contribution is 5.80. The number of H-pyrrole nitrogens is 1. The van der Waals surface area contributed by atoms with E-state index in [0.29, 0.717) is 6.42 Å². The number of fused-ring (bicyclic) bond motifs is 1. The number of methoxy groups -OCH3 is 1. The van der Waals surface area contributed by atoms with Gasteiger partial charge in [0, 0.05) is 19.0 Å². The SMILES string of the molecule is COc1cccc(CNCC[C@@H]2CCC(=O)N2[C@H](C)c2nc3ccc(C)cc3[nH]2)c1. The second-order valence-electron chi connectivity index (χ2n) is 8.13. The van der Waals surface area contributed by atoms with Crippen LogP contribution < -0.4 is 10.1 Å². The van der Waals surface area contributed by atoms with Crippen molar-refractivity contribution in [2.75, 3.05) is 13.7 Å². The van der Waals surface area contributed by atoms with Gasteiger partial charge in [-0.2, -0.15) is 0 Å². The van der Waals surface area contributed by atoms with E-state index in [4.69, 9.17) is 9.72 Å². The smallest absolute Gasteiger partial charge is 0.223 e. The molecule has 1 aliphatic rings. The van der Waals surface area contributed by atoms with Crippen molar-refractivity contribution in [2.24, 2.45) is 0 Å². The van der Waals surface area contributed by atoms with Crippen LogP contribution in [-0.2, 0) is 11.3 Å². The van der Waals surface area contributed by atoms with Gasteiger partial charge in [0.15, 0.2) is 0 Å². The van der Waals surface area contributed by atoms with Gasteiger partial charge in [0.2, 0.25) is 5.91 Å². The Kier molecular flexibility index (Phi) is 6.04. The number of imidazole rings is 1. The van der Waals surface area contributed by atoms with Crippen molar-refractivity contribution in [2.45, 2.75) is 51.7 Å². The molecule has 1 aromatic heterocycles. The normalized spacial score (nSPS) is 17.6. The quantitative estimate of drug-likeness (QED) is 0.552. The summed E-state index contributed by atoms with van der Waals surface area (Å²) in [4.78, 5) is 22.8. The molecule has 4 rings (SSSR count). The first-order chi connectivity index (χ1) is 14.5. The maximum absolute atomic E-state index is 12.6. The van der Waals surface area contributed by atoms with Gasteiger partial charge in [0.1, 0.15) is 11.6 Å². The number of aromatic amines is 1. The molecule has 1 fully saturated rings. The molecule has 6 nitrogen and oxygen atoms in total. The van der Waals surface area contributed by atoms with Crippen LogP contribution in [0.15, 0.2) is 42.5 Å². The maximum atomic E-state index is 12.6. The number of amides is 1. The Morgan fingerprint density at radius 3 is 3.00 bits per heavy atom. The lowest BCUT2D eigenvalue weighted by atomic mass is 10.1. The first-order valence-electron chi connectivity index (χ1n) is 10.7. The van der Waals surface area contributed by atoms with Crippen molar-refractivity contribution < 1.29 is 9.53 Å². The van der Waals surface area contributed by atoms with Gasteiger partial charge in [-0.25, -0.2) is 4.98 Å². The van der Waals surface area contributed by atoms with E-state index in [1.165, 1.54) is 11.1 Å². The van der Waals surface area contributed by atoms with Crippen LogP contribution in [0, 0.1) is 6.92 Å². The summed E-state index contributed by atoms with van der Waals surface area (Å²) in [6, 6.07) is 14.5. The molecule has 30 heavy (non-hydrogen) atoms. The molecular formula is C24H30N4O2. The van der Waals surface area contributed by atoms with Crippen LogP contribution in [0.5, 0.6) is 5.75 Å². The maximum Gasteiger partial charge on any atom is 0.223 e. The number of ether oxygens (including phenoxy) is 1. The molecule has 6 heteroatoms. The lowest BCUT2D eigenvalue weighted by molar-refractivity contribution is -0.131. The van der Waals surface area contributed by atoms with Gasteiger partial charge in [0.05, 0.1) is 24.2 Å². The molecule has 0 aliphatic carbocycles. The zero-order chi connectivity index (χ0) is 21.1. The van der Waals surface area contributed by atoms with Crippen molar-refractivity contribution in [1.29, 1.82) is 0 Å². The van der Waals surface area contributed by atoms with E-state index in [1.807, 2.05) is 29.2 Å². The molecular weight excluding hydrogens is 376 g/mol. The van der Waals surface area contributed by atoms with E-state index in [0.717, 1.165) is 48.5 Å². The summed E-state index contributed by atoms with van der Waals surface area (Å²) in [7, 11) is 1.68. The monoisotopic (exact) mass is 406 g/mol. The number of carbonyl (C=O) groups excluding carboxylic acids is 1. The number of nitrogens with zero attached hydrogens (tertiary/aromatic N) is 2. The Labute approximate surface area is 177 Å². The Morgan fingerprint density at radius 2 is 2.17 bits per heavy atom. The summed E-state index contributed by atoms with van der Waals surface area (Å²) in [5.41, 5.74) is 4.37. The Hall–Kier alpha value is -2.86. The van der Waals surface area contributed by atoms with E-state index in [1.54, 1.807) is 7.11 Å². The van der Waals surface area contributed by atoms with E-state index in [9.17, 15) is 4.79 Å². The third-order valence-corrected chi connectivity index (χ3v) is 5.96. The summed E-state index contributed by atoms with van der Waals surface area (Å²) in [6.07, 6.45) is 2.45.